The number of carbonyl (C=O) groups excluding carboxylic acids is 2. The third-order valence-corrected chi connectivity index (χ3v) is 3.53. The monoisotopic (exact) mass is 406 g/mol. The Morgan fingerprint density at radius 2 is 1.76 bits per heavy atom. The SMILES string of the molecule is CC(=O)Nc1ccc(Br)cc1NC(=O)COCCOc1ccccc1. The van der Waals surface area contributed by atoms with Crippen molar-refractivity contribution in [2.24, 2.45) is 0 Å². The lowest BCUT2D eigenvalue weighted by atomic mass is 10.2. The first-order valence-corrected chi connectivity index (χ1v) is 8.46. The minimum absolute atomic E-state index is 0.107. The molecule has 7 heteroatoms. The number of rotatable bonds is 8. The fourth-order valence-electron chi connectivity index (χ4n) is 2.00. The van der Waals surface area contributed by atoms with Gasteiger partial charge in [0.15, 0.2) is 0 Å². The molecule has 0 fully saturated rings. The Hall–Kier alpha value is -2.38. The van der Waals surface area contributed by atoms with E-state index in [-0.39, 0.29) is 18.4 Å². The highest BCUT2D eigenvalue weighted by Crippen LogP contribution is 2.26. The van der Waals surface area contributed by atoms with Crippen LogP contribution >= 0.6 is 15.9 Å². The van der Waals surface area contributed by atoms with Crippen molar-refractivity contribution in [3.05, 3.63) is 53.0 Å². The zero-order valence-electron chi connectivity index (χ0n) is 13.8. The molecule has 25 heavy (non-hydrogen) atoms. The molecule has 0 spiro atoms. The first kappa shape index (κ1) is 19.0. The summed E-state index contributed by atoms with van der Waals surface area (Å²) in [6.45, 7) is 1.94. The lowest BCUT2D eigenvalue weighted by molar-refractivity contribution is -0.120. The van der Waals surface area contributed by atoms with E-state index in [1.54, 1.807) is 18.2 Å². The van der Waals surface area contributed by atoms with E-state index >= 15 is 0 Å². The van der Waals surface area contributed by atoms with Crippen molar-refractivity contribution in [3.63, 3.8) is 0 Å². The van der Waals surface area contributed by atoms with E-state index in [9.17, 15) is 9.59 Å². The zero-order chi connectivity index (χ0) is 18.1. The molecule has 0 atom stereocenters. The Balaban J connectivity index is 1.76. The fraction of sp³-hybridized carbons (Fsp3) is 0.222. The molecule has 0 radical (unpaired) electrons. The van der Waals surface area contributed by atoms with Crippen LogP contribution in [0.3, 0.4) is 0 Å². The highest BCUT2D eigenvalue weighted by molar-refractivity contribution is 9.10. The number of hydrogen-bond donors (Lipinski definition) is 2. The van der Waals surface area contributed by atoms with Crippen molar-refractivity contribution in [3.8, 4) is 5.75 Å². The standard InChI is InChI=1S/C18H19BrN2O4/c1-13(22)20-16-8-7-14(19)11-17(16)21-18(23)12-24-9-10-25-15-5-3-2-4-6-15/h2-8,11H,9-10,12H2,1H3,(H,20,22)(H,21,23). The molecule has 6 nitrogen and oxygen atoms in total. The number of benzene rings is 2. The van der Waals surface area contributed by atoms with Gasteiger partial charge in [-0.3, -0.25) is 9.59 Å². The van der Waals surface area contributed by atoms with Gasteiger partial charge in [-0.25, -0.2) is 0 Å². The van der Waals surface area contributed by atoms with Crippen LogP contribution in [0.1, 0.15) is 6.92 Å². The van der Waals surface area contributed by atoms with Crippen molar-refractivity contribution in [1.29, 1.82) is 0 Å². The smallest absolute Gasteiger partial charge is 0.250 e. The van der Waals surface area contributed by atoms with Crippen LogP contribution in [-0.4, -0.2) is 31.6 Å². The number of nitrogens with one attached hydrogen (secondary N) is 2. The van der Waals surface area contributed by atoms with Crippen LogP contribution in [0.4, 0.5) is 11.4 Å². The van der Waals surface area contributed by atoms with Crippen LogP contribution in [0.15, 0.2) is 53.0 Å². The molecule has 0 unspecified atom stereocenters. The van der Waals surface area contributed by atoms with E-state index in [4.69, 9.17) is 9.47 Å². The third-order valence-electron chi connectivity index (χ3n) is 3.04. The second-order valence-electron chi connectivity index (χ2n) is 5.13. The van der Waals surface area contributed by atoms with Gasteiger partial charge in [-0.2, -0.15) is 0 Å². The number of para-hydroxylation sites is 1. The molecule has 2 aromatic carbocycles. The highest BCUT2D eigenvalue weighted by Gasteiger charge is 2.09. The van der Waals surface area contributed by atoms with Crippen LogP contribution in [0.5, 0.6) is 5.75 Å². The van der Waals surface area contributed by atoms with Crippen molar-refractivity contribution >= 4 is 39.1 Å². The quantitative estimate of drug-likeness (QED) is 0.658. The van der Waals surface area contributed by atoms with E-state index in [2.05, 4.69) is 26.6 Å². The number of ether oxygens (including phenoxy) is 2. The molecule has 2 aromatic rings. The van der Waals surface area contributed by atoms with Gasteiger partial charge in [0, 0.05) is 11.4 Å². The Bertz CT molecular complexity index is 722. The third kappa shape index (κ3) is 6.94. The first-order valence-electron chi connectivity index (χ1n) is 7.67. The minimum atomic E-state index is -0.315. The molecule has 0 aliphatic heterocycles. The summed E-state index contributed by atoms with van der Waals surface area (Å²) in [6.07, 6.45) is 0. The van der Waals surface area contributed by atoms with Gasteiger partial charge in [-0.15, -0.1) is 0 Å². The van der Waals surface area contributed by atoms with E-state index in [0.717, 1.165) is 10.2 Å². The number of carbonyl (C=O) groups is 2. The Morgan fingerprint density at radius 1 is 1.00 bits per heavy atom. The summed E-state index contributed by atoms with van der Waals surface area (Å²) in [5.41, 5.74) is 1.02. The molecule has 0 saturated heterocycles. The van der Waals surface area contributed by atoms with E-state index in [0.29, 0.717) is 24.6 Å². The molecule has 0 aromatic heterocycles. The molecule has 2 amide bonds. The number of hydrogen-bond acceptors (Lipinski definition) is 4. The lowest BCUT2D eigenvalue weighted by Crippen LogP contribution is -2.21. The molecule has 0 aliphatic carbocycles. The number of anilines is 2. The van der Waals surface area contributed by atoms with Crippen LogP contribution in [-0.2, 0) is 14.3 Å². The van der Waals surface area contributed by atoms with Crippen LogP contribution in [0.25, 0.3) is 0 Å². The van der Waals surface area contributed by atoms with Crippen molar-refractivity contribution < 1.29 is 19.1 Å². The van der Waals surface area contributed by atoms with Gasteiger partial charge in [0.1, 0.15) is 19.0 Å². The van der Waals surface area contributed by atoms with Gasteiger partial charge in [0.05, 0.1) is 18.0 Å². The Morgan fingerprint density at radius 3 is 2.48 bits per heavy atom. The van der Waals surface area contributed by atoms with Gasteiger partial charge in [0.25, 0.3) is 0 Å². The average Bonchev–Trinajstić information content (AvgIpc) is 2.57. The fourth-order valence-corrected chi connectivity index (χ4v) is 2.37. The maximum Gasteiger partial charge on any atom is 0.250 e. The van der Waals surface area contributed by atoms with E-state index < -0.39 is 0 Å². The first-order chi connectivity index (χ1) is 12.0. The summed E-state index contributed by atoms with van der Waals surface area (Å²) < 4.78 is 11.6. The lowest BCUT2D eigenvalue weighted by Gasteiger charge is -2.12. The summed E-state index contributed by atoms with van der Waals surface area (Å²) in [7, 11) is 0. The second-order valence-corrected chi connectivity index (χ2v) is 6.05. The molecule has 132 valence electrons. The maximum atomic E-state index is 12.0. The van der Waals surface area contributed by atoms with Crippen LogP contribution in [0.2, 0.25) is 0 Å². The summed E-state index contributed by atoms with van der Waals surface area (Å²) in [5.74, 6) is 0.223. The highest BCUT2D eigenvalue weighted by atomic mass is 79.9. The normalized spacial score (nSPS) is 10.2. The summed E-state index contributed by atoms with van der Waals surface area (Å²) >= 11 is 3.34. The molecule has 0 heterocycles. The molecule has 0 aliphatic rings. The van der Waals surface area contributed by atoms with Crippen molar-refractivity contribution in [2.45, 2.75) is 6.92 Å². The zero-order valence-corrected chi connectivity index (χ0v) is 15.3. The Labute approximate surface area is 154 Å². The van der Waals surface area contributed by atoms with Crippen LogP contribution < -0.4 is 15.4 Å². The van der Waals surface area contributed by atoms with Crippen LogP contribution in [0, 0.1) is 0 Å². The van der Waals surface area contributed by atoms with Gasteiger partial charge >= 0.3 is 0 Å². The molecule has 2 N–H and O–H groups in total. The molecule has 2 rings (SSSR count). The molecular weight excluding hydrogens is 388 g/mol. The molecule has 0 saturated carbocycles. The van der Waals surface area contributed by atoms with Crippen molar-refractivity contribution in [2.75, 3.05) is 30.5 Å². The van der Waals surface area contributed by atoms with Gasteiger partial charge in [0.2, 0.25) is 11.8 Å². The predicted octanol–water partition coefficient (Wildman–Crippen LogP) is 3.44. The topological polar surface area (TPSA) is 76.7 Å². The average molecular weight is 407 g/mol. The second kappa shape index (κ2) is 9.80. The predicted molar refractivity (Wildman–Crippen MR) is 99.8 cm³/mol. The van der Waals surface area contributed by atoms with Crippen molar-refractivity contribution in [1.82, 2.24) is 0 Å². The molecule has 0 bridgehead atoms. The number of amides is 2. The van der Waals surface area contributed by atoms with E-state index in [1.165, 1.54) is 6.92 Å². The van der Waals surface area contributed by atoms with Gasteiger partial charge < -0.3 is 20.1 Å². The summed E-state index contributed by atoms with van der Waals surface area (Å²) in [4.78, 5) is 23.2. The number of halogens is 1. The van der Waals surface area contributed by atoms with E-state index in [1.807, 2.05) is 30.3 Å². The molecular formula is C18H19BrN2O4. The maximum absolute atomic E-state index is 12.0. The van der Waals surface area contributed by atoms with Gasteiger partial charge in [-0.1, -0.05) is 34.1 Å². The van der Waals surface area contributed by atoms with Gasteiger partial charge in [-0.05, 0) is 30.3 Å². The Kier molecular flexibility index (Phi) is 7.43. The summed E-state index contributed by atoms with van der Waals surface area (Å²) in [6, 6.07) is 14.6. The largest absolute Gasteiger partial charge is 0.491 e. The minimum Gasteiger partial charge on any atom is -0.491 e. The summed E-state index contributed by atoms with van der Waals surface area (Å²) in [5, 5.41) is 5.38.